The van der Waals surface area contributed by atoms with Crippen molar-refractivity contribution >= 4 is 14.1 Å². The van der Waals surface area contributed by atoms with Gasteiger partial charge in [-0.05, 0) is 20.6 Å². The fourth-order valence-electron chi connectivity index (χ4n) is 1.74. The maximum Gasteiger partial charge on any atom is 0.263 e. The quantitative estimate of drug-likeness (QED) is 0.562. The number of rotatable bonds is 3. The van der Waals surface area contributed by atoms with Crippen molar-refractivity contribution in [3.8, 4) is 0 Å². The Morgan fingerprint density at radius 2 is 1.80 bits per heavy atom. The van der Waals surface area contributed by atoms with Gasteiger partial charge in [-0.25, -0.2) is 0 Å². The summed E-state index contributed by atoms with van der Waals surface area (Å²) < 4.78 is 0. The van der Waals surface area contributed by atoms with Gasteiger partial charge >= 0.3 is 0 Å². The maximum atomic E-state index is 2.32. The molecule has 0 bridgehead atoms. The molecule has 1 heterocycles. The van der Waals surface area contributed by atoms with Gasteiger partial charge in [0.25, 0.3) is 14.1 Å². The van der Waals surface area contributed by atoms with Gasteiger partial charge in [-0.1, -0.05) is 28.7 Å². The lowest BCUT2D eigenvalue weighted by atomic mass is 10.4. The summed E-state index contributed by atoms with van der Waals surface area (Å²) in [5.74, 6) is 0. The van der Waals surface area contributed by atoms with E-state index in [1.807, 2.05) is 0 Å². The smallest absolute Gasteiger partial charge is 0.263 e. The molecule has 0 aromatic carbocycles. The molecule has 1 saturated heterocycles. The van der Waals surface area contributed by atoms with Gasteiger partial charge in [-0.2, -0.15) is 0 Å². The monoisotopic (exact) mass is 155 g/mol. The van der Waals surface area contributed by atoms with Crippen molar-refractivity contribution in [3.63, 3.8) is 0 Å². The summed E-state index contributed by atoms with van der Waals surface area (Å²) in [5, 5.41) is 4.83. The van der Waals surface area contributed by atoms with E-state index in [2.05, 4.69) is 19.0 Å². The fraction of sp³-hybridized carbons (Fsp3) is 1.00. The van der Waals surface area contributed by atoms with Crippen molar-refractivity contribution in [2.75, 3.05) is 20.6 Å². The van der Waals surface area contributed by atoms with Gasteiger partial charge < -0.3 is 4.90 Å². The Kier molecular flexibility index (Phi) is 3.77. The van der Waals surface area contributed by atoms with Crippen LogP contribution in [0.25, 0.3) is 0 Å². The Balaban J connectivity index is 2.01. The molecule has 1 aliphatic heterocycles. The highest BCUT2D eigenvalue weighted by Crippen LogP contribution is 2.21. The molecule has 0 radical (unpaired) electrons. The van der Waals surface area contributed by atoms with Crippen LogP contribution in [-0.4, -0.2) is 39.7 Å². The van der Waals surface area contributed by atoms with Crippen molar-refractivity contribution in [1.29, 1.82) is 0 Å². The van der Waals surface area contributed by atoms with Crippen LogP contribution >= 0.6 is 0 Å². The van der Waals surface area contributed by atoms with Crippen molar-refractivity contribution in [1.82, 2.24) is 4.90 Å². The van der Waals surface area contributed by atoms with Crippen LogP contribution in [0.1, 0.15) is 12.8 Å². The average Bonchev–Trinajstić information content (AvgIpc) is 2.34. The fourth-order valence-corrected chi connectivity index (χ4v) is 5.22. The van der Waals surface area contributed by atoms with Gasteiger partial charge in [0, 0.05) is 0 Å². The minimum absolute atomic E-state index is 0.179. The molecule has 2 heteroatoms. The summed E-state index contributed by atoms with van der Waals surface area (Å²) in [4.78, 5) is 2.32. The SMILES string of the molecule is CN(C)C[CH2][Al]1[CH2]CC[CH2]1. The zero-order chi connectivity index (χ0) is 7.40. The molecule has 0 aromatic heterocycles. The normalized spacial score (nSPS) is 18.9. The molecule has 0 N–H and O–H groups in total. The Hall–Kier alpha value is 0.492. The molecule has 0 spiro atoms. The van der Waals surface area contributed by atoms with Crippen molar-refractivity contribution in [2.45, 2.75) is 28.7 Å². The number of nitrogens with zero attached hydrogens (tertiary/aromatic N) is 1. The van der Waals surface area contributed by atoms with Gasteiger partial charge in [0.15, 0.2) is 0 Å². The first-order valence-corrected chi connectivity index (χ1v) is 6.88. The topological polar surface area (TPSA) is 3.24 Å². The summed E-state index contributed by atoms with van der Waals surface area (Å²) in [7, 11) is 4.37. The maximum absolute atomic E-state index is 2.32. The van der Waals surface area contributed by atoms with Crippen LogP contribution in [0.5, 0.6) is 0 Å². The summed E-state index contributed by atoms with van der Waals surface area (Å²) in [6, 6.07) is 0. The zero-order valence-corrected chi connectivity index (χ0v) is 8.42. The lowest BCUT2D eigenvalue weighted by molar-refractivity contribution is 0.432. The van der Waals surface area contributed by atoms with Crippen molar-refractivity contribution in [2.24, 2.45) is 0 Å². The highest BCUT2D eigenvalue weighted by Gasteiger charge is 2.20. The van der Waals surface area contributed by atoms with Gasteiger partial charge in [-0.15, -0.1) is 0 Å². The Labute approximate surface area is 68.8 Å². The molecule has 0 aromatic rings. The summed E-state index contributed by atoms with van der Waals surface area (Å²) >= 11 is -0.179. The molecule has 0 atom stereocenters. The lowest BCUT2D eigenvalue weighted by Gasteiger charge is -2.09. The molecule has 0 unspecified atom stereocenters. The second-order valence-electron chi connectivity index (χ2n) is 3.74. The van der Waals surface area contributed by atoms with Crippen LogP contribution in [0.3, 0.4) is 0 Å². The molecule has 10 heavy (non-hydrogen) atoms. The van der Waals surface area contributed by atoms with Crippen molar-refractivity contribution in [3.05, 3.63) is 0 Å². The van der Waals surface area contributed by atoms with Crippen molar-refractivity contribution < 1.29 is 0 Å². The zero-order valence-electron chi connectivity index (χ0n) is 7.27. The summed E-state index contributed by atoms with van der Waals surface area (Å²) in [5.41, 5.74) is 0. The first kappa shape index (κ1) is 8.59. The van der Waals surface area contributed by atoms with E-state index in [0.717, 1.165) is 0 Å². The highest BCUT2D eigenvalue weighted by atomic mass is 27.2. The summed E-state index contributed by atoms with van der Waals surface area (Å²) in [6.07, 6.45) is 3.09. The Bertz CT molecular complexity index is 87.3. The largest absolute Gasteiger partial charge is 0.311 e. The van der Waals surface area contributed by atoms with E-state index in [1.54, 1.807) is 28.7 Å². The third-order valence-electron chi connectivity index (χ3n) is 2.46. The predicted molar refractivity (Wildman–Crippen MR) is 48.0 cm³/mol. The second-order valence-corrected chi connectivity index (χ2v) is 7.21. The molecular formula is C8H18AlN. The second kappa shape index (κ2) is 4.39. The van der Waals surface area contributed by atoms with Gasteiger partial charge in [0.2, 0.25) is 0 Å². The molecule has 0 saturated carbocycles. The van der Waals surface area contributed by atoms with Gasteiger partial charge in [-0.3, -0.25) is 0 Å². The van der Waals surface area contributed by atoms with Crippen LogP contribution in [0.15, 0.2) is 0 Å². The summed E-state index contributed by atoms with van der Waals surface area (Å²) in [6.45, 7) is 1.34. The van der Waals surface area contributed by atoms with E-state index in [1.165, 1.54) is 6.54 Å². The van der Waals surface area contributed by atoms with Crippen LogP contribution in [0, 0.1) is 0 Å². The average molecular weight is 155 g/mol. The molecular weight excluding hydrogens is 137 g/mol. The number of hydrogen-bond acceptors (Lipinski definition) is 1. The number of hydrogen-bond donors (Lipinski definition) is 0. The third kappa shape index (κ3) is 3.05. The third-order valence-corrected chi connectivity index (χ3v) is 5.98. The Morgan fingerprint density at radius 3 is 2.30 bits per heavy atom. The van der Waals surface area contributed by atoms with E-state index in [-0.39, 0.29) is 14.1 Å². The molecule has 0 aliphatic carbocycles. The van der Waals surface area contributed by atoms with E-state index in [0.29, 0.717) is 0 Å². The molecule has 1 fully saturated rings. The van der Waals surface area contributed by atoms with Gasteiger partial charge in [0.05, 0.1) is 0 Å². The standard InChI is InChI=1S/C4H10N.C4H8.Al/c1-4-5(2)3;1-3-4-2;/h1,4H2,2-3H3;1-4H2;. The molecule has 1 aliphatic rings. The first-order chi connectivity index (χ1) is 4.79. The highest BCUT2D eigenvalue weighted by molar-refractivity contribution is 6.59. The van der Waals surface area contributed by atoms with Gasteiger partial charge in [0.1, 0.15) is 0 Å². The molecule has 58 valence electrons. The minimum atomic E-state index is -0.179. The van der Waals surface area contributed by atoms with E-state index < -0.39 is 0 Å². The molecule has 1 nitrogen and oxygen atoms in total. The van der Waals surface area contributed by atoms with E-state index in [4.69, 9.17) is 0 Å². The van der Waals surface area contributed by atoms with Crippen LogP contribution in [0.2, 0.25) is 15.8 Å². The molecule has 0 amide bonds. The van der Waals surface area contributed by atoms with Crippen LogP contribution in [-0.2, 0) is 0 Å². The predicted octanol–water partition coefficient (Wildman–Crippen LogP) is 1.84. The minimum Gasteiger partial charge on any atom is -0.311 e. The van der Waals surface area contributed by atoms with E-state index in [9.17, 15) is 0 Å². The first-order valence-electron chi connectivity index (χ1n) is 4.44. The van der Waals surface area contributed by atoms with E-state index >= 15 is 0 Å². The van der Waals surface area contributed by atoms with Crippen LogP contribution < -0.4 is 0 Å². The molecule has 1 rings (SSSR count). The lowest BCUT2D eigenvalue weighted by Crippen LogP contribution is -2.18. The Morgan fingerprint density at radius 1 is 1.20 bits per heavy atom. The van der Waals surface area contributed by atoms with Crippen LogP contribution in [0.4, 0.5) is 0 Å².